The van der Waals surface area contributed by atoms with Crippen LogP contribution >= 0.6 is 0 Å². The SMILES string of the molecule is Cc1ccc2c(c1)C(C)(C)c1ccc(N3CCS(=O)(=O)CC3)cc1N2. The van der Waals surface area contributed by atoms with Crippen LogP contribution in [0.15, 0.2) is 36.4 Å². The van der Waals surface area contributed by atoms with Gasteiger partial charge in [0.15, 0.2) is 9.84 Å². The Morgan fingerprint density at radius 1 is 0.960 bits per heavy atom. The van der Waals surface area contributed by atoms with Crippen molar-refractivity contribution in [3.63, 3.8) is 0 Å². The van der Waals surface area contributed by atoms with Gasteiger partial charge in [-0.2, -0.15) is 0 Å². The van der Waals surface area contributed by atoms with Crippen LogP contribution in [-0.4, -0.2) is 33.0 Å². The fourth-order valence-electron chi connectivity index (χ4n) is 3.92. The smallest absolute Gasteiger partial charge is 0.153 e. The third kappa shape index (κ3) is 2.80. The molecular formula is C20H24N2O2S. The van der Waals surface area contributed by atoms with Crippen LogP contribution in [0, 0.1) is 6.92 Å². The van der Waals surface area contributed by atoms with Crippen molar-refractivity contribution in [2.75, 3.05) is 34.8 Å². The van der Waals surface area contributed by atoms with E-state index in [9.17, 15) is 8.42 Å². The van der Waals surface area contributed by atoms with E-state index in [1.165, 1.54) is 16.7 Å². The summed E-state index contributed by atoms with van der Waals surface area (Å²) in [6.45, 7) is 7.79. The van der Waals surface area contributed by atoms with Crippen molar-refractivity contribution in [3.05, 3.63) is 53.1 Å². The second-order valence-electron chi connectivity index (χ2n) is 7.67. The molecule has 0 aliphatic carbocycles. The Morgan fingerprint density at radius 3 is 2.40 bits per heavy atom. The zero-order valence-electron chi connectivity index (χ0n) is 15.0. The number of sulfone groups is 1. The van der Waals surface area contributed by atoms with E-state index < -0.39 is 9.84 Å². The van der Waals surface area contributed by atoms with Gasteiger partial charge in [-0.25, -0.2) is 8.42 Å². The second-order valence-corrected chi connectivity index (χ2v) is 9.97. The molecule has 2 aromatic rings. The Bertz CT molecular complexity index is 934. The molecule has 132 valence electrons. The van der Waals surface area contributed by atoms with Crippen LogP contribution in [-0.2, 0) is 15.3 Å². The van der Waals surface area contributed by atoms with Gasteiger partial charge in [0.1, 0.15) is 0 Å². The van der Waals surface area contributed by atoms with Crippen LogP contribution < -0.4 is 10.2 Å². The van der Waals surface area contributed by atoms with Crippen molar-refractivity contribution in [2.45, 2.75) is 26.2 Å². The number of rotatable bonds is 1. The maximum absolute atomic E-state index is 11.7. The van der Waals surface area contributed by atoms with Gasteiger partial charge in [0.05, 0.1) is 11.5 Å². The summed E-state index contributed by atoms with van der Waals surface area (Å²) in [5, 5.41) is 3.57. The Balaban J connectivity index is 1.71. The third-order valence-corrected chi connectivity index (χ3v) is 7.11. The molecule has 4 rings (SSSR count). The van der Waals surface area contributed by atoms with Gasteiger partial charge < -0.3 is 10.2 Å². The predicted molar refractivity (Wildman–Crippen MR) is 104 cm³/mol. The van der Waals surface area contributed by atoms with Crippen molar-refractivity contribution in [3.8, 4) is 0 Å². The lowest BCUT2D eigenvalue weighted by Crippen LogP contribution is -2.40. The Labute approximate surface area is 149 Å². The number of hydrogen-bond donors (Lipinski definition) is 1. The molecule has 0 amide bonds. The van der Waals surface area contributed by atoms with E-state index >= 15 is 0 Å². The van der Waals surface area contributed by atoms with Crippen molar-refractivity contribution < 1.29 is 8.42 Å². The molecule has 0 spiro atoms. The molecule has 0 unspecified atom stereocenters. The monoisotopic (exact) mass is 356 g/mol. The Hall–Kier alpha value is -2.01. The maximum Gasteiger partial charge on any atom is 0.153 e. The predicted octanol–water partition coefficient (Wildman–Crippen LogP) is 3.61. The zero-order chi connectivity index (χ0) is 17.8. The van der Waals surface area contributed by atoms with E-state index in [-0.39, 0.29) is 16.9 Å². The molecule has 0 aromatic heterocycles. The summed E-state index contributed by atoms with van der Waals surface area (Å²) >= 11 is 0. The van der Waals surface area contributed by atoms with Gasteiger partial charge in [-0.1, -0.05) is 37.6 Å². The quantitative estimate of drug-likeness (QED) is 0.848. The van der Waals surface area contributed by atoms with E-state index in [4.69, 9.17) is 0 Å². The minimum Gasteiger partial charge on any atom is -0.369 e. The molecule has 0 bridgehead atoms. The molecule has 0 atom stereocenters. The minimum absolute atomic E-state index is 0.0638. The maximum atomic E-state index is 11.7. The van der Waals surface area contributed by atoms with Crippen molar-refractivity contribution >= 4 is 26.9 Å². The lowest BCUT2D eigenvalue weighted by atomic mass is 9.74. The summed E-state index contributed by atoms with van der Waals surface area (Å²) in [6.07, 6.45) is 0. The zero-order valence-corrected chi connectivity index (χ0v) is 15.8. The molecule has 5 heteroatoms. The largest absolute Gasteiger partial charge is 0.369 e. The molecule has 25 heavy (non-hydrogen) atoms. The fraction of sp³-hybridized carbons (Fsp3) is 0.400. The number of fused-ring (bicyclic) bond motifs is 2. The first-order valence-electron chi connectivity index (χ1n) is 8.74. The van der Waals surface area contributed by atoms with Crippen LogP contribution in [0.25, 0.3) is 0 Å². The minimum atomic E-state index is -2.86. The molecule has 1 fully saturated rings. The molecule has 0 radical (unpaired) electrons. The highest BCUT2D eigenvalue weighted by atomic mass is 32.2. The van der Waals surface area contributed by atoms with E-state index in [0.717, 1.165) is 17.1 Å². The average molecular weight is 356 g/mol. The molecular weight excluding hydrogens is 332 g/mol. The summed E-state index contributed by atoms with van der Waals surface area (Å²) in [5.74, 6) is 0.482. The molecule has 1 saturated heterocycles. The number of nitrogens with zero attached hydrogens (tertiary/aromatic N) is 1. The van der Waals surface area contributed by atoms with Gasteiger partial charge in [-0.05, 0) is 36.2 Å². The number of nitrogens with one attached hydrogen (secondary N) is 1. The summed E-state index contributed by atoms with van der Waals surface area (Å²) in [5.41, 5.74) is 7.16. The molecule has 2 heterocycles. The number of anilines is 3. The first-order chi connectivity index (χ1) is 11.8. The highest BCUT2D eigenvalue weighted by Crippen LogP contribution is 2.46. The number of aryl methyl sites for hydroxylation is 1. The summed E-state index contributed by atoms with van der Waals surface area (Å²) in [7, 11) is -2.86. The summed E-state index contributed by atoms with van der Waals surface area (Å²) < 4.78 is 23.3. The molecule has 0 saturated carbocycles. The normalized spacial score (nSPS) is 20.4. The van der Waals surface area contributed by atoms with Gasteiger partial charge in [-0.15, -0.1) is 0 Å². The topological polar surface area (TPSA) is 49.4 Å². The first kappa shape index (κ1) is 16.5. The van der Waals surface area contributed by atoms with Crippen LogP contribution in [0.3, 0.4) is 0 Å². The lowest BCUT2D eigenvalue weighted by molar-refractivity contribution is 0.587. The van der Waals surface area contributed by atoms with Crippen molar-refractivity contribution in [1.29, 1.82) is 0 Å². The van der Waals surface area contributed by atoms with Crippen LogP contribution in [0.2, 0.25) is 0 Å². The van der Waals surface area contributed by atoms with Gasteiger partial charge in [0.2, 0.25) is 0 Å². The molecule has 2 aliphatic heterocycles. The van der Waals surface area contributed by atoms with E-state index in [1.54, 1.807) is 0 Å². The third-order valence-electron chi connectivity index (χ3n) is 5.50. The van der Waals surface area contributed by atoms with Gasteiger partial charge in [0.25, 0.3) is 0 Å². The highest BCUT2D eigenvalue weighted by molar-refractivity contribution is 7.91. The van der Waals surface area contributed by atoms with Crippen LogP contribution in [0.5, 0.6) is 0 Å². The van der Waals surface area contributed by atoms with Crippen molar-refractivity contribution in [2.24, 2.45) is 0 Å². The van der Waals surface area contributed by atoms with E-state index in [0.29, 0.717) is 13.1 Å². The van der Waals surface area contributed by atoms with Crippen LogP contribution in [0.1, 0.15) is 30.5 Å². The van der Waals surface area contributed by atoms with Gasteiger partial charge >= 0.3 is 0 Å². The second kappa shape index (κ2) is 5.49. The van der Waals surface area contributed by atoms with E-state index in [2.05, 4.69) is 67.4 Å². The van der Waals surface area contributed by atoms with Gasteiger partial charge in [0, 0.05) is 35.6 Å². The Kier molecular flexibility index (Phi) is 3.62. The van der Waals surface area contributed by atoms with Crippen molar-refractivity contribution in [1.82, 2.24) is 0 Å². The molecule has 4 nitrogen and oxygen atoms in total. The highest BCUT2D eigenvalue weighted by Gasteiger charge is 2.33. The standard InChI is InChI=1S/C20H24N2O2S/c1-14-4-7-18-17(12-14)20(2,3)16-6-5-15(13-19(16)21-18)22-8-10-25(23,24)11-9-22/h4-7,12-13,21H,8-11H2,1-3H3. The fourth-order valence-corrected chi connectivity index (χ4v) is 5.12. The summed E-state index contributed by atoms with van der Waals surface area (Å²) in [4.78, 5) is 2.17. The van der Waals surface area contributed by atoms with E-state index in [1.807, 2.05) is 0 Å². The average Bonchev–Trinajstić information content (AvgIpc) is 2.55. The Morgan fingerprint density at radius 2 is 1.68 bits per heavy atom. The molecule has 2 aromatic carbocycles. The lowest BCUT2D eigenvalue weighted by Gasteiger charge is -2.37. The molecule has 1 N–H and O–H groups in total. The first-order valence-corrected chi connectivity index (χ1v) is 10.6. The number of benzene rings is 2. The molecule has 2 aliphatic rings. The summed E-state index contributed by atoms with van der Waals surface area (Å²) in [6, 6.07) is 13.0. The van der Waals surface area contributed by atoms with Crippen LogP contribution in [0.4, 0.5) is 17.1 Å². The number of hydrogen-bond acceptors (Lipinski definition) is 4. The van der Waals surface area contributed by atoms with Gasteiger partial charge in [-0.3, -0.25) is 0 Å².